The molecule has 2 aliphatic heterocycles. The lowest BCUT2D eigenvalue weighted by atomic mass is 9.85. The Bertz CT molecular complexity index is 784. The third-order valence-corrected chi connectivity index (χ3v) is 6.52. The molecule has 0 radical (unpaired) electrons. The van der Waals surface area contributed by atoms with Gasteiger partial charge in [-0.2, -0.15) is 0 Å². The first-order valence-corrected chi connectivity index (χ1v) is 10.6. The van der Waals surface area contributed by atoms with Gasteiger partial charge < -0.3 is 8.98 Å². The average molecular weight is 371 g/mol. The first kappa shape index (κ1) is 17.4. The van der Waals surface area contributed by atoms with Gasteiger partial charge in [-0.1, -0.05) is 6.42 Å². The van der Waals surface area contributed by atoms with Crippen molar-refractivity contribution in [3.63, 3.8) is 0 Å². The molecular weight excluding hydrogens is 340 g/mol. The van der Waals surface area contributed by atoms with E-state index in [0.717, 1.165) is 64.0 Å². The first-order valence-electron chi connectivity index (χ1n) is 10.6. The Balaban J connectivity index is 1.15. The van der Waals surface area contributed by atoms with Gasteiger partial charge in [0.25, 0.3) is 0 Å². The van der Waals surface area contributed by atoms with Crippen molar-refractivity contribution in [3.05, 3.63) is 29.0 Å². The van der Waals surface area contributed by atoms with E-state index in [1.54, 1.807) is 0 Å². The van der Waals surface area contributed by atoms with Crippen LogP contribution in [0.15, 0.2) is 4.42 Å². The maximum absolute atomic E-state index is 5.89. The van der Waals surface area contributed by atoms with E-state index in [9.17, 15) is 0 Å². The quantitative estimate of drug-likeness (QED) is 0.806. The molecule has 1 saturated carbocycles. The molecule has 0 bridgehead atoms. The third kappa shape index (κ3) is 3.55. The maximum atomic E-state index is 5.89. The van der Waals surface area contributed by atoms with Crippen molar-refractivity contribution in [2.45, 2.75) is 71.0 Å². The zero-order valence-corrected chi connectivity index (χ0v) is 16.4. The number of nitrogens with zero attached hydrogens (tertiary/aromatic N) is 6. The van der Waals surface area contributed by atoms with Crippen molar-refractivity contribution in [2.24, 2.45) is 0 Å². The van der Waals surface area contributed by atoms with Crippen LogP contribution in [-0.4, -0.2) is 55.7 Å². The van der Waals surface area contributed by atoms with Crippen LogP contribution in [-0.2, 0) is 26.1 Å². The van der Waals surface area contributed by atoms with Gasteiger partial charge in [-0.05, 0) is 32.6 Å². The Morgan fingerprint density at radius 1 is 0.926 bits per heavy atom. The summed E-state index contributed by atoms with van der Waals surface area (Å²) in [5.41, 5.74) is 2.66. The average Bonchev–Trinajstić information content (AvgIpc) is 3.20. The molecule has 27 heavy (non-hydrogen) atoms. The Morgan fingerprint density at radius 2 is 1.70 bits per heavy atom. The number of aromatic nitrogens is 4. The monoisotopic (exact) mass is 370 g/mol. The van der Waals surface area contributed by atoms with Crippen LogP contribution in [0.3, 0.4) is 0 Å². The zero-order valence-electron chi connectivity index (χ0n) is 16.4. The predicted molar refractivity (Wildman–Crippen MR) is 101 cm³/mol. The minimum absolute atomic E-state index is 0.521. The first-order chi connectivity index (χ1) is 13.3. The van der Waals surface area contributed by atoms with Crippen LogP contribution in [0, 0.1) is 6.92 Å². The molecule has 3 aliphatic rings. The number of hydrogen-bond acceptors (Lipinski definition) is 6. The van der Waals surface area contributed by atoms with Crippen LogP contribution < -0.4 is 0 Å². The topological polar surface area (TPSA) is 63.2 Å². The summed E-state index contributed by atoms with van der Waals surface area (Å²) in [6.07, 6.45) is 7.42. The lowest BCUT2D eigenvalue weighted by Crippen LogP contribution is -2.45. The highest BCUT2D eigenvalue weighted by Crippen LogP contribution is 2.35. The number of imidazole rings is 1. The van der Waals surface area contributed by atoms with Gasteiger partial charge in [0, 0.05) is 51.6 Å². The Hall–Kier alpha value is -1.73. The van der Waals surface area contributed by atoms with E-state index >= 15 is 0 Å². The summed E-state index contributed by atoms with van der Waals surface area (Å²) in [5, 5.41) is 8.52. The van der Waals surface area contributed by atoms with Gasteiger partial charge in [0.05, 0.1) is 17.9 Å². The molecule has 0 unspecified atom stereocenters. The number of aryl methyl sites for hydroxylation is 2. The second-order valence-corrected chi connectivity index (χ2v) is 8.38. The summed E-state index contributed by atoms with van der Waals surface area (Å²) >= 11 is 0. The molecular formula is C20H30N6O. The van der Waals surface area contributed by atoms with Crippen LogP contribution in [0.1, 0.15) is 67.0 Å². The van der Waals surface area contributed by atoms with Crippen molar-refractivity contribution in [2.75, 3.05) is 26.2 Å². The molecule has 5 rings (SSSR count). The van der Waals surface area contributed by atoms with Gasteiger partial charge in [0.15, 0.2) is 0 Å². The standard InChI is InChI=1S/C20H30N6O/c1-15-17(26-8-3-2-7-18(26)21-15)13-24-9-11-25(12-10-24)14-19-22-23-20(27-19)16-5-4-6-16/h16H,2-14H2,1H3. The van der Waals surface area contributed by atoms with Gasteiger partial charge in [0.1, 0.15) is 5.82 Å². The molecule has 2 aromatic rings. The van der Waals surface area contributed by atoms with Crippen LogP contribution >= 0.6 is 0 Å². The normalized spacial score (nSPS) is 22.0. The van der Waals surface area contributed by atoms with Crippen molar-refractivity contribution in [1.29, 1.82) is 0 Å². The van der Waals surface area contributed by atoms with E-state index in [0.29, 0.717) is 5.92 Å². The minimum atomic E-state index is 0.521. The van der Waals surface area contributed by atoms with Crippen molar-refractivity contribution in [3.8, 4) is 0 Å². The minimum Gasteiger partial charge on any atom is -0.424 e. The van der Waals surface area contributed by atoms with Gasteiger partial charge in [0.2, 0.25) is 11.8 Å². The van der Waals surface area contributed by atoms with Crippen LogP contribution in [0.5, 0.6) is 0 Å². The summed E-state index contributed by atoms with van der Waals surface area (Å²) in [7, 11) is 0. The smallest absolute Gasteiger partial charge is 0.230 e. The molecule has 0 spiro atoms. The highest BCUT2D eigenvalue weighted by atomic mass is 16.4. The molecule has 4 heterocycles. The summed E-state index contributed by atoms with van der Waals surface area (Å²) < 4.78 is 8.37. The molecule has 0 amide bonds. The van der Waals surface area contributed by atoms with E-state index < -0.39 is 0 Å². The molecule has 7 nitrogen and oxygen atoms in total. The number of piperazine rings is 1. The van der Waals surface area contributed by atoms with E-state index in [4.69, 9.17) is 9.40 Å². The molecule has 1 saturated heterocycles. The van der Waals surface area contributed by atoms with Gasteiger partial charge >= 0.3 is 0 Å². The molecule has 2 aromatic heterocycles. The summed E-state index contributed by atoms with van der Waals surface area (Å²) in [5.74, 6) is 3.46. The molecule has 146 valence electrons. The molecule has 1 aliphatic carbocycles. The number of rotatable bonds is 5. The predicted octanol–water partition coefficient (Wildman–Crippen LogP) is 2.50. The van der Waals surface area contributed by atoms with E-state index in [1.165, 1.54) is 49.3 Å². The SMILES string of the molecule is Cc1nc2n(c1CN1CCN(Cc3nnc(C4CCC4)o3)CC1)CCCC2. The fraction of sp³-hybridized carbons (Fsp3) is 0.750. The van der Waals surface area contributed by atoms with Crippen LogP contribution in [0.2, 0.25) is 0 Å². The molecule has 0 aromatic carbocycles. The summed E-state index contributed by atoms with van der Waals surface area (Å²) in [4.78, 5) is 9.82. The molecule has 0 atom stereocenters. The number of fused-ring (bicyclic) bond motifs is 1. The Kier molecular flexibility index (Phi) is 4.73. The van der Waals surface area contributed by atoms with Crippen molar-refractivity contribution >= 4 is 0 Å². The van der Waals surface area contributed by atoms with Crippen molar-refractivity contribution < 1.29 is 4.42 Å². The second-order valence-electron chi connectivity index (χ2n) is 8.38. The lowest BCUT2D eigenvalue weighted by molar-refractivity contribution is 0.111. The highest BCUT2D eigenvalue weighted by molar-refractivity contribution is 5.17. The van der Waals surface area contributed by atoms with Gasteiger partial charge in [-0.25, -0.2) is 4.98 Å². The van der Waals surface area contributed by atoms with E-state index in [1.807, 2.05) is 0 Å². The summed E-state index contributed by atoms with van der Waals surface area (Å²) in [6.45, 7) is 9.42. The van der Waals surface area contributed by atoms with Crippen LogP contribution in [0.4, 0.5) is 0 Å². The van der Waals surface area contributed by atoms with E-state index in [-0.39, 0.29) is 0 Å². The maximum Gasteiger partial charge on any atom is 0.230 e. The van der Waals surface area contributed by atoms with Crippen molar-refractivity contribution in [1.82, 2.24) is 29.5 Å². The number of hydrogen-bond donors (Lipinski definition) is 0. The third-order valence-electron chi connectivity index (χ3n) is 6.52. The van der Waals surface area contributed by atoms with E-state index in [2.05, 4.69) is 31.5 Å². The Morgan fingerprint density at radius 3 is 2.44 bits per heavy atom. The molecule has 2 fully saturated rings. The Labute approximate surface area is 160 Å². The second kappa shape index (κ2) is 7.36. The summed E-state index contributed by atoms with van der Waals surface area (Å²) in [6, 6.07) is 0. The fourth-order valence-electron chi connectivity index (χ4n) is 4.54. The van der Waals surface area contributed by atoms with Crippen LogP contribution in [0.25, 0.3) is 0 Å². The van der Waals surface area contributed by atoms with Gasteiger partial charge in [-0.15, -0.1) is 10.2 Å². The lowest BCUT2D eigenvalue weighted by Gasteiger charge is -2.34. The highest BCUT2D eigenvalue weighted by Gasteiger charge is 2.26. The molecule has 7 heteroatoms. The fourth-order valence-corrected chi connectivity index (χ4v) is 4.54. The largest absolute Gasteiger partial charge is 0.424 e. The molecule has 0 N–H and O–H groups in total. The zero-order chi connectivity index (χ0) is 18.2. The van der Waals surface area contributed by atoms with Gasteiger partial charge in [-0.3, -0.25) is 9.80 Å².